The van der Waals surface area contributed by atoms with Crippen molar-refractivity contribution in [3.63, 3.8) is 0 Å². The molecule has 2 aromatic carbocycles. The first-order chi connectivity index (χ1) is 10.4. The highest BCUT2D eigenvalue weighted by molar-refractivity contribution is 5.41. The summed E-state index contributed by atoms with van der Waals surface area (Å²) in [4.78, 5) is 0. The van der Waals surface area contributed by atoms with E-state index in [-0.39, 0.29) is 0 Å². The molecule has 1 fully saturated rings. The molecule has 1 saturated carbocycles. The van der Waals surface area contributed by atoms with E-state index in [4.69, 9.17) is 4.74 Å². The molecule has 2 aliphatic carbocycles. The molecule has 0 amide bonds. The predicted molar refractivity (Wildman–Crippen MR) is 84.8 cm³/mol. The van der Waals surface area contributed by atoms with Crippen molar-refractivity contribution in [1.82, 2.24) is 5.32 Å². The number of ether oxygens (including phenoxy) is 1. The Hall–Kier alpha value is -1.80. The lowest BCUT2D eigenvalue weighted by atomic mass is 10.1. The van der Waals surface area contributed by atoms with Crippen molar-refractivity contribution in [2.45, 2.75) is 44.7 Å². The maximum Gasteiger partial charge on any atom is 0.127 e. The van der Waals surface area contributed by atoms with Gasteiger partial charge in [-0.3, -0.25) is 0 Å². The molecular formula is C19H21NO. The topological polar surface area (TPSA) is 21.3 Å². The number of benzene rings is 2. The molecule has 21 heavy (non-hydrogen) atoms. The van der Waals surface area contributed by atoms with Crippen LogP contribution in [0.2, 0.25) is 0 Å². The second-order valence-corrected chi connectivity index (χ2v) is 6.19. The third kappa shape index (κ3) is 3.11. The van der Waals surface area contributed by atoms with Crippen LogP contribution < -0.4 is 10.1 Å². The average Bonchev–Trinajstić information content (AvgIpc) is 3.23. The van der Waals surface area contributed by atoms with E-state index in [1.807, 2.05) is 0 Å². The SMILES string of the molecule is c1cc(Oc2ccc3c(c2)CCC3)ccc1CNC1CC1. The monoisotopic (exact) mass is 279 g/mol. The minimum absolute atomic E-state index is 0.757. The molecule has 2 aromatic rings. The Morgan fingerprint density at radius 2 is 1.67 bits per heavy atom. The molecule has 0 heterocycles. The maximum atomic E-state index is 5.98. The van der Waals surface area contributed by atoms with Crippen LogP contribution in [0.4, 0.5) is 0 Å². The van der Waals surface area contributed by atoms with Gasteiger partial charge in [-0.15, -0.1) is 0 Å². The lowest BCUT2D eigenvalue weighted by Crippen LogP contribution is -2.14. The van der Waals surface area contributed by atoms with Gasteiger partial charge >= 0.3 is 0 Å². The Morgan fingerprint density at radius 3 is 2.48 bits per heavy atom. The number of aryl methyl sites for hydroxylation is 2. The van der Waals surface area contributed by atoms with E-state index >= 15 is 0 Å². The third-order valence-corrected chi connectivity index (χ3v) is 4.40. The summed E-state index contributed by atoms with van der Waals surface area (Å²) < 4.78 is 5.98. The lowest BCUT2D eigenvalue weighted by molar-refractivity contribution is 0.481. The van der Waals surface area contributed by atoms with Crippen molar-refractivity contribution >= 4 is 0 Å². The van der Waals surface area contributed by atoms with Gasteiger partial charge in [0.15, 0.2) is 0 Å². The van der Waals surface area contributed by atoms with Gasteiger partial charge in [0.1, 0.15) is 11.5 Å². The van der Waals surface area contributed by atoms with Gasteiger partial charge in [0.2, 0.25) is 0 Å². The van der Waals surface area contributed by atoms with Crippen LogP contribution in [0, 0.1) is 0 Å². The zero-order valence-corrected chi connectivity index (χ0v) is 12.3. The summed E-state index contributed by atoms with van der Waals surface area (Å²) in [6.07, 6.45) is 6.36. The summed E-state index contributed by atoms with van der Waals surface area (Å²) in [6.45, 7) is 0.962. The Bertz CT molecular complexity index is 629. The fourth-order valence-corrected chi connectivity index (χ4v) is 2.97. The van der Waals surface area contributed by atoms with E-state index in [2.05, 4.69) is 47.8 Å². The first kappa shape index (κ1) is 12.9. The quantitative estimate of drug-likeness (QED) is 0.884. The molecular weight excluding hydrogens is 258 g/mol. The smallest absolute Gasteiger partial charge is 0.127 e. The van der Waals surface area contributed by atoms with Crippen LogP contribution in [0.1, 0.15) is 36.0 Å². The Labute approximate surface area is 126 Å². The first-order valence-corrected chi connectivity index (χ1v) is 7.99. The highest BCUT2D eigenvalue weighted by atomic mass is 16.5. The van der Waals surface area contributed by atoms with Crippen LogP contribution in [0.15, 0.2) is 42.5 Å². The fraction of sp³-hybridized carbons (Fsp3) is 0.368. The first-order valence-electron chi connectivity index (χ1n) is 7.99. The molecule has 2 aliphatic rings. The van der Waals surface area contributed by atoms with Gasteiger partial charge in [0.05, 0.1) is 0 Å². The zero-order valence-electron chi connectivity index (χ0n) is 12.3. The van der Waals surface area contributed by atoms with Crippen molar-refractivity contribution < 1.29 is 4.74 Å². The predicted octanol–water partition coefficient (Wildman–Crippen LogP) is 4.22. The Kier molecular flexibility index (Phi) is 3.40. The van der Waals surface area contributed by atoms with Gasteiger partial charge in [-0.2, -0.15) is 0 Å². The van der Waals surface area contributed by atoms with E-state index in [1.165, 1.54) is 48.8 Å². The number of nitrogens with one attached hydrogen (secondary N) is 1. The molecule has 0 aliphatic heterocycles. The third-order valence-electron chi connectivity index (χ3n) is 4.40. The minimum Gasteiger partial charge on any atom is -0.457 e. The van der Waals surface area contributed by atoms with Crippen LogP contribution in [-0.4, -0.2) is 6.04 Å². The summed E-state index contributed by atoms with van der Waals surface area (Å²) >= 11 is 0. The molecule has 0 bridgehead atoms. The largest absolute Gasteiger partial charge is 0.457 e. The molecule has 2 heteroatoms. The number of fused-ring (bicyclic) bond motifs is 1. The van der Waals surface area contributed by atoms with Crippen molar-refractivity contribution in [3.05, 3.63) is 59.2 Å². The van der Waals surface area contributed by atoms with Gasteiger partial charge < -0.3 is 10.1 Å². The van der Waals surface area contributed by atoms with Crippen molar-refractivity contribution in [1.29, 1.82) is 0 Å². The molecule has 0 aromatic heterocycles. The molecule has 1 N–H and O–H groups in total. The van der Waals surface area contributed by atoms with Crippen molar-refractivity contribution in [2.24, 2.45) is 0 Å². The Balaban J connectivity index is 1.41. The van der Waals surface area contributed by atoms with Gasteiger partial charge in [-0.25, -0.2) is 0 Å². The highest BCUT2D eigenvalue weighted by Crippen LogP contribution is 2.29. The molecule has 108 valence electrons. The summed E-state index contributed by atoms with van der Waals surface area (Å²) in [7, 11) is 0. The van der Waals surface area contributed by atoms with Gasteiger partial charge in [-0.1, -0.05) is 18.2 Å². The van der Waals surface area contributed by atoms with E-state index in [0.29, 0.717) is 0 Å². The Morgan fingerprint density at radius 1 is 0.905 bits per heavy atom. The number of hydrogen-bond acceptors (Lipinski definition) is 2. The number of hydrogen-bond donors (Lipinski definition) is 1. The number of rotatable bonds is 5. The van der Waals surface area contributed by atoms with Crippen molar-refractivity contribution in [3.8, 4) is 11.5 Å². The standard InChI is InChI=1S/C19H21NO/c1-2-15-6-11-19(12-16(15)3-1)21-18-9-4-14(5-10-18)13-20-17-7-8-17/h4-6,9-12,17,20H,1-3,7-8,13H2. The van der Waals surface area contributed by atoms with E-state index in [1.54, 1.807) is 0 Å². The zero-order chi connectivity index (χ0) is 14.1. The molecule has 2 nitrogen and oxygen atoms in total. The fourth-order valence-electron chi connectivity index (χ4n) is 2.97. The van der Waals surface area contributed by atoms with E-state index < -0.39 is 0 Å². The summed E-state index contributed by atoms with van der Waals surface area (Å²) in [5, 5.41) is 3.53. The van der Waals surface area contributed by atoms with Crippen LogP contribution in [0.25, 0.3) is 0 Å². The van der Waals surface area contributed by atoms with Gasteiger partial charge in [-0.05, 0) is 73.1 Å². The van der Waals surface area contributed by atoms with Crippen LogP contribution >= 0.6 is 0 Å². The van der Waals surface area contributed by atoms with Crippen molar-refractivity contribution in [2.75, 3.05) is 0 Å². The lowest BCUT2D eigenvalue weighted by Gasteiger charge is -2.09. The van der Waals surface area contributed by atoms with Crippen LogP contribution in [0.5, 0.6) is 11.5 Å². The van der Waals surface area contributed by atoms with Gasteiger partial charge in [0, 0.05) is 12.6 Å². The summed E-state index contributed by atoms with van der Waals surface area (Å²) in [5.41, 5.74) is 4.27. The highest BCUT2D eigenvalue weighted by Gasteiger charge is 2.19. The van der Waals surface area contributed by atoms with Gasteiger partial charge in [0.25, 0.3) is 0 Å². The molecule has 0 saturated heterocycles. The molecule has 0 atom stereocenters. The summed E-state index contributed by atoms with van der Waals surface area (Å²) in [6, 6.07) is 15.7. The normalized spacial score (nSPS) is 16.8. The second kappa shape index (κ2) is 5.53. The van der Waals surface area contributed by atoms with Crippen LogP contribution in [0.3, 0.4) is 0 Å². The van der Waals surface area contributed by atoms with E-state index in [0.717, 1.165) is 24.1 Å². The molecule has 0 spiro atoms. The molecule has 0 radical (unpaired) electrons. The van der Waals surface area contributed by atoms with E-state index in [9.17, 15) is 0 Å². The minimum atomic E-state index is 0.757. The second-order valence-electron chi connectivity index (χ2n) is 6.19. The average molecular weight is 279 g/mol. The molecule has 4 rings (SSSR count). The maximum absolute atomic E-state index is 5.98. The summed E-state index contributed by atoms with van der Waals surface area (Å²) in [5.74, 6) is 1.88. The van der Waals surface area contributed by atoms with Crippen LogP contribution in [-0.2, 0) is 19.4 Å². The molecule has 0 unspecified atom stereocenters.